The van der Waals surface area contributed by atoms with E-state index in [9.17, 15) is 9.59 Å². The van der Waals surface area contributed by atoms with E-state index in [1.807, 2.05) is 30.3 Å². The summed E-state index contributed by atoms with van der Waals surface area (Å²) in [6.07, 6.45) is 1.31. The molecule has 9 nitrogen and oxygen atoms in total. The van der Waals surface area contributed by atoms with E-state index >= 15 is 0 Å². The van der Waals surface area contributed by atoms with Crippen LogP contribution in [-0.4, -0.2) is 47.6 Å². The maximum Gasteiger partial charge on any atom is 0.348 e. The highest BCUT2D eigenvalue weighted by atomic mass is 16.7. The van der Waals surface area contributed by atoms with Gasteiger partial charge >= 0.3 is 12.1 Å². The lowest BCUT2D eigenvalue weighted by Gasteiger charge is -2.21. The molecule has 3 heterocycles. The molecular formula is C21H18N4O5. The molecular weight excluding hydrogens is 388 g/mol. The lowest BCUT2D eigenvalue weighted by atomic mass is 10.2. The van der Waals surface area contributed by atoms with Crippen LogP contribution in [-0.2, 0) is 16.1 Å². The van der Waals surface area contributed by atoms with Crippen LogP contribution in [0.3, 0.4) is 0 Å². The molecule has 2 aromatic carbocycles. The number of carbonyl (C=O) groups excluding carboxylic acids is 2. The van der Waals surface area contributed by atoms with Gasteiger partial charge in [0.1, 0.15) is 12.0 Å². The van der Waals surface area contributed by atoms with Crippen LogP contribution in [0.5, 0.6) is 11.5 Å². The molecule has 0 radical (unpaired) electrons. The van der Waals surface area contributed by atoms with Crippen molar-refractivity contribution < 1.29 is 23.8 Å². The predicted octanol–water partition coefficient (Wildman–Crippen LogP) is 2.52. The molecule has 3 aliphatic heterocycles. The Kier molecular flexibility index (Phi) is 4.47. The number of hydrogen-bond acceptors (Lipinski definition) is 6. The fraction of sp³-hybridized carbons (Fsp3) is 0.190. The van der Waals surface area contributed by atoms with Gasteiger partial charge in [0, 0.05) is 31.4 Å². The van der Waals surface area contributed by atoms with E-state index in [1.165, 1.54) is 6.26 Å². The molecule has 0 fully saturated rings. The van der Waals surface area contributed by atoms with E-state index in [0.717, 1.165) is 5.56 Å². The summed E-state index contributed by atoms with van der Waals surface area (Å²) in [6, 6.07) is 14.5. The third-order valence-corrected chi connectivity index (χ3v) is 4.93. The first-order chi connectivity index (χ1) is 14.7. The van der Waals surface area contributed by atoms with Gasteiger partial charge in [-0.3, -0.25) is 9.69 Å². The van der Waals surface area contributed by atoms with Gasteiger partial charge in [-0.2, -0.15) is 0 Å². The monoisotopic (exact) mass is 406 g/mol. The summed E-state index contributed by atoms with van der Waals surface area (Å²) in [5, 5.41) is 2.81. The number of anilines is 1. The lowest BCUT2D eigenvalue weighted by molar-refractivity contribution is -0.113. The second kappa shape index (κ2) is 7.43. The molecule has 0 aromatic heterocycles. The van der Waals surface area contributed by atoms with Crippen molar-refractivity contribution in [2.24, 2.45) is 4.99 Å². The van der Waals surface area contributed by atoms with Crippen LogP contribution in [0.4, 0.5) is 10.5 Å². The minimum atomic E-state index is -0.401. The Bertz CT molecular complexity index is 1070. The third kappa shape index (κ3) is 3.41. The van der Waals surface area contributed by atoms with Gasteiger partial charge in [0.05, 0.1) is 0 Å². The topological polar surface area (TPSA) is 92.7 Å². The molecule has 0 aliphatic carbocycles. The minimum absolute atomic E-state index is 0.103. The molecule has 0 saturated carbocycles. The van der Waals surface area contributed by atoms with Crippen LogP contribution >= 0.6 is 0 Å². The fourth-order valence-corrected chi connectivity index (χ4v) is 3.41. The Labute approximate surface area is 172 Å². The maximum atomic E-state index is 12.8. The van der Waals surface area contributed by atoms with E-state index in [2.05, 4.69) is 10.3 Å². The van der Waals surface area contributed by atoms with Crippen LogP contribution in [0.2, 0.25) is 0 Å². The summed E-state index contributed by atoms with van der Waals surface area (Å²) in [5.41, 5.74) is 1.85. The molecule has 30 heavy (non-hydrogen) atoms. The Hall–Kier alpha value is -4.01. The first-order valence-corrected chi connectivity index (χ1v) is 9.44. The van der Waals surface area contributed by atoms with Gasteiger partial charge in [0.25, 0.3) is 5.91 Å². The molecule has 0 spiro atoms. The zero-order valence-corrected chi connectivity index (χ0v) is 15.9. The summed E-state index contributed by atoms with van der Waals surface area (Å²) in [7, 11) is 0. The van der Waals surface area contributed by atoms with Crippen molar-refractivity contribution in [3.63, 3.8) is 0 Å². The number of fused-ring (bicyclic) bond motifs is 2. The Morgan fingerprint density at radius 2 is 1.90 bits per heavy atom. The smallest absolute Gasteiger partial charge is 0.348 e. The molecule has 9 heteroatoms. The number of hydrogen-bond donors (Lipinski definition) is 1. The molecule has 0 saturated heterocycles. The highest BCUT2D eigenvalue weighted by Crippen LogP contribution is 2.34. The number of carbonyl (C=O) groups is 2. The molecule has 0 unspecified atom stereocenters. The largest absolute Gasteiger partial charge is 0.454 e. The highest BCUT2D eigenvalue weighted by Gasteiger charge is 2.34. The summed E-state index contributed by atoms with van der Waals surface area (Å²) < 4.78 is 16.0. The molecule has 3 aliphatic rings. The fourth-order valence-electron chi connectivity index (χ4n) is 3.41. The SMILES string of the molecule is O=C(Nc1ccc2c(c1)OCO2)C1=COC2=NC(=O)N(Cc3ccccc3)CCN12. The van der Waals surface area contributed by atoms with Gasteiger partial charge in [-0.05, 0) is 17.7 Å². The molecule has 3 amide bonds. The zero-order chi connectivity index (χ0) is 20.5. The number of rotatable bonds is 4. The van der Waals surface area contributed by atoms with Crippen molar-refractivity contribution >= 4 is 23.6 Å². The summed E-state index contributed by atoms with van der Waals surface area (Å²) >= 11 is 0. The van der Waals surface area contributed by atoms with Crippen LogP contribution in [0, 0.1) is 0 Å². The van der Waals surface area contributed by atoms with Gasteiger partial charge in [0.15, 0.2) is 11.5 Å². The van der Waals surface area contributed by atoms with E-state index < -0.39 is 6.03 Å². The second-order valence-corrected chi connectivity index (χ2v) is 6.88. The van der Waals surface area contributed by atoms with E-state index in [-0.39, 0.29) is 24.4 Å². The standard InChI is InChI=1S/C21H18N4O5/c26-19(22-15-6-7-17-18(10-15)30-13-29-17)16-12-28-21-23-20(27)24(8-9-25(16)21)11-14-4-2-1-3-5-14/h1-7,10,12H,8-9,11,13H2,(H,22,26). The quantitative estimate of drug-likeness (QED) is 0.839. The average Bonchev–Trinajstić information content (AvgIpc) is 3.35. The Balaban J connectivity index is 1.28. The van der Waals surface area contributed by atoms with E-state index in [4.69, 9.17) is 14.2 Å². The summed E-state index contributed by atoms with van der Waals surface area (Å²) in [4.78, 5) is 32.6. The van der Waals surface area contributed by atoms with Crippen LogP contribution in [0.1, 0.15) is 5.56 Å². The summed E-state index contributed by atoms with van der Waals surface area (Å²) in [6.45, 7) is 1.39. The number of amides is 3. The average molecular weight is 406 g/mol. The molecule has 1 N–H and O–H groups in total. The molecule has 0 atom stereocenters. The molecule has 152 valence electrons. The van der Waals surface area contributed by atoms with Gasteiger partial charge < -0.3 is 24.4 Å². The molecule has 2 aromatic rings. The van der Waals surface area contributed by atoms with Crippen LogP contribution in [0.15, 0.2) is 65.5 Å². The number of aliphatic imine (C=N–C) groups is 1. The first-order valence-electron chi connectivity index (χ1n) is 9.44. The summed E-state index contributed by atoms with van der Waals surface area (Å²) in [5.74, 6) is 0.835. The number of nitrogens with zero attached hydrogens (tertiary/aromatic N) is 3. The van der Waals surface area contributed by atoms with Crippen molar-refractivity contribution in [3.8, 4) is 11.5 Å². The lowest BCUT2D eigenvalue weighted by Crippen LogP contribution is -2.36. The van der Waals surface area contributed by atoms with Gasteiger partial charge in [-0.1, -0.05) is 30.3 Å². The third-order valence-electron chi connectivity index (χ3n) is 4.93. The second-order valence-electron chi connectivity index (χ2n) is 6.88. The van der Waals surface area contributed by atoms with Gasteiger partial charge in [-0.15, -0.1) is 4.99 Å². The van der Waals surface area contributed by atoms with Crippen molar-refractivity contribution in [1.82, 2.24) is 9.80 Å². The molecule has 0 bridgehead atoms. The van der Waals surface area contributed by atoms with Gasteiger partial charge in [0.2, 0.25) is 6.79 Å². The number of benzene rings is 2. The predicted molar refractivity (Wildman–Crippen MR) is 107 cm³/mol. The first kappa shape index (κ1) is 18.0. The maximum absolute atomic E-state index is 12.8. The van der Waals surface area contributed by atoms with E-state index in [0.29, 0.717) is 36.8 Å². The van der Waals surface area contributed by atoms with Crippen molar-refractivity contribution in [3.05, 3.63) is 66.1 Å². The van der Waals surface area contributed by atoms with Crippen molar-refractivity contribution in [1.29, 1.82) is 0 Å². The number of amidine groups is 1. The zero-order valence-electron chi connectivity index (χ0n) is 15.9. The van der Waals surface area contributed by atoms with Crippen LogP contribution < -0.4 is 14.8 Å². The van der Waals surface area contributed by atoms with Crippen molar-refractivity contribution in [2.75, 3.05) is 25.2 Å². The van der Waals surface area contributed by atoms with Crippen LogP contribution in [0.25, 0.3) is 0 Å². The highest BCUT2D eigenvalue weighted by molar-refractivity contribution is 6.08. The minimum Gasteiger partial charge on any atom is -0.454 e. The Morgan fingerprint density at radius 3 is 2.77 bits per heavy atom. The normalized spacial score (nSPS) is 17.0. The number of nitrogens with one attached hydrogen (secondary N) is 1. The van der Waals surface area contributed by atoms with Gasteiger partial charge in [-0.25, -0.2) is 4.79 Å². The molecule has 5 rings (SSSR count). The van der Waals surface area contributed by atoms with Crippen molar-refractivity contribution in [2.45, 2.75) is 6.54 Å². The number of urea groups is 1. The Morgan fingerprint density at radius 1 is 1.07 bits per heavy atom. The van der Waals surface area contributed by atoms with E-state index in [1.54, 1.807) is 28.0 Å². The number of ether oxygens (including phenoxy) is 3.